The zero-order valence-corrected chi connectivity index (χ0v) is 14.2. The number of nitrogens with one attached hydrogen (secondary N) is 1. The zero-order chi connectivity index (χ0) is 13.4. The number of unbranched alkanes of at least 4 members (excludes halogenated alkanes) is 3. The normalized spacial score (nSPS) is 11.1. The quantitative estimate of drug-likeness (QED) is 0.397. The van der Waals surface area contributed by atoms with Crippen LogP contribution >= 0.6 is 34.2 Å². The molecule has 0 spiro atoms. The molecule has 0 fully saturated rings. The molecule has 3 nitrogen and oxygen atoms in total. The van der Waals surface area contributed by atoms with Crippen molar-refractivity contribution in [2.24, 2.45) is 0 Å². The monoisotopic (exact) mass is 383 g/mol. The van der Waals surface area contributed by atoms with Crippen molar-refractivity contribution in [2.45, 2.75) is 52.6 Å². The van der Waals surface area contributed by atoms with Crippen LogP contribution in [0.5, 0.6) is 0 Å². The lowest BCUT2D eigenvalue weighted by atomic mass is 10.2. The molecule has 0 saturated carbocycles. The number of halogens is 2. The van der Waals surface area contributed by atoms with E-state index in [0.717, 1.165) is 36.0 Å². The Hall–Kier alpha value is 0.190. The van der Waals surface area contributed by atoms with Gasteiger partial charge in [0.2, 0.25) is 0 Å². The molecule has 0 aliphatic rings. The fourth-order valence-electron chi connectivity index (χ4n) is 1.94. The first kappa shape index (κ1) is 16.2. The van der Waals surface area contributed by atoms with Crippen LogP contribution < -0.4 is 5.32 Å². The molecule has 0 aromatic carbocycles. The smallest absolute Gasteiger partial charge is 0.0860 e. The van der Waals surface area contributed by atoms with Crippen molar-refractivity contribution >= 4 is 34.2 Å². The van der Waals surface area contributed by atoms with E-state index in [1.54, 1.807) is 0 Å². The number of alkyl halides is 1. The Morgan fingerprint density at radius 2 is 2.00 bits per heavy atom. The molecule has 0 aliphatic heterocycles. The fraction of sp³-hybridized carbons (Fsp3) is 0.769. The third-order valence-corrected chi connectivity index (χ3v) is 4.24. The molecular weight excluding hydrogens is 361 g/mol. The lowest BCUT2D eigenvalue weighted by Gasteiger charge is -2.07. The Morgan fingerprint density at radius 3 is 2.67 bits per heavy atom. The maximum Gasteiger partial charge on any atom is 0.0860 e. The number of rotatable bonds is 9. The highest BCUT2D eigenvalue weighted by Crippen LogP contribution is 2.19. The van der Waals surface area contributed by atoms with E-state index in [1.165, 1.54) is 30.1 Å². The topological polar surface area (TPSA) is 29.9 Å². The molecule has 104 valence electrons. The standard InChI is InChI=1S/C13H23ClIN3/c1-3-18-12(13(14)11(2)17-18)10-16-9-7-5-4-6-8-15/h16H,3-10H2,1-2H3. The second-order valence-corrected chi connectivity index (χ2v) is 5.90. The van der Waals surface area contributed by atoms with Crippen molar-refractivity contribution in [1.29, 1.82) is 0 Å². The van der Waals surface area contributed by atoms with Gasteiger partial charge in [-0.05, 0) is 37.7 Å². The van der Waals surface area contributed by atoms with Crippen LogP contribution in [-0.4, -0.2) is 20.8 Å². The first-order valence-electron chi connectivity index (χ1n) is 6.69. The van der Waals surface area contributed by atoms with Gasteiger partial charge in [0.15, 0.2) is 0 Å². The summed E-state index contributed by atoms with van der Waals surface area (Å²) in [6.45, 7) is 6.81. The summed E-state index contributed by atoms with van der Waals surface area (Å²) in [5.41, 5.74) is 2.04. The molecule has 1 rings (SSSR count). The Kier molecular flexibility index (Phi) is 8.26. The van der Waals surface area contributed by atoms with E-state index in [-0.39, 0.29) is 0 Å². The summed E-state index contributed by atoms with van der Waals surface area (Å²) in [5.74, 6) is 0. The lowest BCUT2D eigenvalue weighted by molar-refractivity contribution is 0.557. The first-order valence-corrected chi connectivity index (χ1v) is 8.59. The molecule has 1 N–H and O–H groups in total. The molecule has 0 saturated heterocycles. The van der Waals surface area contributed by atoms with Crippen molar-refractivity contribution in [3.8, 4) is 0 Å². The molecule has 0 radical (unpaired) electrons. The average molecular weight is 384 g/mol. The predicted molar refractivity (Wildman–Crippen MR) is 86.7 cm³/mol. The van der Waals surface area contributed by atoms with Crippen LogP contribution in [0.15, 0.2) is 0 Å². The molecule has 0 bridgehead atoms. The van der Waals surface area contributed by atoms with Crippen LogP contribution in [0.25, 0.3) is 0 Å². The van der Waals surface area contributed by atoms with Crippen molar-refractivity contribution in [2.75, 3.05) is 11.0 Å². The summed E-state index contributed by atoms with van der Waals surface area (Å²) >= 11 is 8.69. The van der Waals surface area contributed by atoms with Crippen LogP contribution in [0.2, 0.25) is 5.02 Å². The number of aromatic nitrogens is 2. The van der Waals surface area contributed by atoms with E-state index in [2.05, 4.69) is 39.9 Å². The number of hydrogen-bond acceptors (Lipinski definition) is 2. The Balaban J connectivity index is 2.26. The third kappa shape index (κ3) is 5.05. The second-order valence-electron chi connectivity index (χ2n) is 4.44. The van der Waals surface area contributed by atoms with Gasteiger partial charge < -0.3 is 5.32 Å². The SMILES string of the molecule is CCn1nc(C)c(Cl)c1CNCCCCCCI. The van der Waals surface area contributed by atoms with E-state index in [1.807, 2.05) is 11.6 Å². The minimum absolute atomic E-state index is 0.814. The average Bonchev–Trinajstić information content (AvgIpc) is 2.65. The summed E-state index contributed by atoms with van der Waals surface area (Å²) < 4.78 is 3.26. The Bertz CT molecular complexity index is 352. The molecule has 0 aliphatic carbocycles. The Morgan fingerprint density at radius 1 is 1.28 bits per heavy atom. The molecule has 1 heterocycles. The van der Waals surface area contributed by atoms with E-state index in [4.69, 9.17) is 11.6 Å². The summed E-state index contributed by atoms with van der Waals surface area (Å²) in [7, 11) is 0. The Labute approximate surface area is 129 Å². The maximum absolute atomic E-state index is 6.25. The van der Waals surface area contributed by atoms with Crippen molar-refractivity contribution in [3.63, 3.8) is 0 Å². The van der Waals surface area contributed by atoms with Gasteiger partial charge in [0, 0.05) is 13.1 Å². The summed E-state index contributed by atoms with van der Waals surface area (Å²) in [6.07, 6.45) is 5.24. The summed E-state index contributed by atoms with van der Waals surface area (Å²) in [4.78, 5) is 0. The molecule has 0 atom stereocenters. The zero-order valence-electron chi connectivity index (χ0n) is 11.3. The van der Waals surface area contributed by atoms with Crippen LogP contribution in [0.4, 0.5) is 0 Å². The number of nitrogens with zero attached hydrogens (tertiary/aromatic N) is 2. The van der Waals surface area contributed by atoms with Crippen molar-refractivity contribution < 1.29 is 0 Å². The van der Waals surface area contributed by atoms with Gasteiger partial charge in [0.05, 0.1) is 16.4 Å². The van der Waals surface area contributed by atoms with Gasteiger partial charge >= 0.3 is 0 Å². The third-order valence-electron chi connectivity index (χ3n) is 2.98. The molecule has 1 aromatic heterocycles. The summed E-state index contributed by atoms with van der Waals surface area (Å²) in [6, 6.07) is 0. The van der Waals surface area contributed by atoms with Gasteiger partial charge in [0.25, 0.3) is 0 Å². The van der Waals surface area contributed by atoms with Crippen LogP contribution in [0.3, 0.4) is 0 Å². The minimum Gasteiger partial charge on any atom is -0.311 e. The minimum atomic E-state index is 0.814. The van der Waals surface area contributed by atoms with Gasteiger partial charge in [0.1, 0.15) is 0 Å². The summed E-state index contributed by atoms with van der Waals surface area (Å²) in [5, 5.41) is 8.69. The van der Waals surface area contributed by atoms with Crippen molar-refractivity contribution in [3.05, 3.63) is 16.4 Å². The molecule has 0 amide bonds. The fourth-order valence-corrected chi connectivity index (χ4v) is 2.68. The molecule has 0 unspecified atom stereocenters. The van der Waals surface area contributed by atoms with E-state index in [0.29, 0.717) is 0 Å². The molecule has 18 heavy (non-hydrogen) atoms. The lowest BCUT2D eigenvalue weighted by Crippen LogP contribution is -2.18. The predicted octanol–water partition coefficient (Wildman–Crippen LogP) is 3.95. The highest BCUT2D eigenvalue weighted by Gasteiger charge is 2.11. The van der Waals surface area contributed by atoms with E-state index < -0.39 is 0 Å². The number of hydrogen-bond donors (Lipinski definition) is 1. The van der Waals surface area contributed by atoms with Gasteiger partial charge in [-0.3, -0.25) is 4.68 Å². The van der Waals surface area contributed by atoms with Crippen LogP contribution in [0.1, 0.15) is 44.0 Å². The molecular formula is C13H23ClIN3. The number of aryl methyl sites for hydroxylation is 2. The van der Waals surface area contributed by atoms with Crippen LogP contribution in [-0.2, 0) is 13.1 Å². The largest absolute Gasteiger partial charge is 0.311 e. The first-order chi connectivity index (χ1) is 8.70. The highest BCUT2D eigenvalue weighted by atomic mass is 127. The van der Waals surface area contributed by atoms with E-state index in [9.17, 15) is 0 Å². The second kappa shape index (κ2) is 9.15. The van der Waals surface area contributed by atoms with Gasteiger partial charge in [-0.15, -0.1) is 0 Å². The highest BCUT2D eigenvalue weighted by molar-refractivity contribution is 14.1. The molecule has 5 heteroatoms. The van der Waals surface area contributed by atoms with Gasteiger partial charge in [-0.2, -0.15) is 5.10 Å². The van der Waals surface area contributed by atoms with E-state index >= 15 is 0 Å². The van der Waals surface area contributed by atoms with Crippen LogP contribution in [0, 0.1) is 6.92 Å². The van der Waals surface area contributed by atoms with Gasteiger partial charge in [-0.1, -0.05) is 47.0 Å². The molecule has 1 aromatic rings. The van der Waals surface area contributed by atoms with Crippen molar-refractivity contribution in [1.82, 2.24) is 15.1 Å². The van der Waals surface area contributed by atoms with Gasteiger partial charge in [-0.25, -0.2) is 0 Å². The maximum atomic E-state index is 6.25.